The molecule has 1 amide bonds. The molecule has 0 aliphatic carbocycles. The van der Waals surface area contributed by atoms with E-state index >= 15 is 0 Å². The Bertz CT molecular complexity index is 607. The molecule has 22 heavy (non-hydrogen) atoms. The van der Waals surface area contributed by atoms with Gasteiger partial charge in [0.25, 0.3) is 0 Å². The van der Waals surface area contributed by atoms with Crippen LogP contribution in [0.4, 0.5) is 0 Å². The van der Waals surface area contributed by atoms with Crippen molar-refractivity contribution in [2.75, 3.05) is 0 Å². The Morgan fingerprint density at radius 2 is 1.91 bits per heavy atom. The first kappa shape index (κ1) is 15.8. The number of carboxylic acids is 1. The Kier molecular flexibility index (Phi) is 5.36. The number of furan rings is 1. The Morgan fingerprint density at radius 1 is 1.18 bits per heavy atom. The first-order chi connectivity index (χ1) is 10.6. The molecule has 5 nitrogen and oxygen atoms in total. The van der Waals surface area contributed by atoms with Crippen LogP contribution in [0.5, 0.6) is 0 Å². The maximum absolute atomic E-state index is 12.4. The molecule has 0 saturated carbocycles. The van der Waals surface area contributed by atoms with Crippen LogP contribution in [0.25, 0.3) is 0 Å². The summed E-state index contributed by atoms with van der Waals surface area (Å²) in [6, 6.07) is 10.3. The summed E-state index contributed by atoms with van der Waals surface area (Å²) in [6.45, 7) is 1.82. The molecule has 1 aromatic carbocycles. The van der Waals surface area contributed by atoms with Crippen LogP contribution in [0, 0.1) is 0 Å². The third-order valence-corrected chi connectivity index (χ3v) is 3.55. The Morgan fingerprint density at radius 3 is 2.50 bits per heavy atom. The molecule has 1 heterocycles. The summed E-state index contributed by atoms with van der Waals surface area (Å²) in [6.07, 6.45) is 3.94. The van der Waals surface area contributed by atoms with E-state index in [0.717, 1.165) is 11.1 Å². The van der Waals surface area contributed by atoms with Gasteiger partial charge in [0, 0.05) is 13.0 Å². The van der Waals surface area contributed by atoms with Crippen LogP contribution in [0.3, 0.4) is 0 Å². The minimum atomic E-state index is -1.01. The topological polar surface area (TPSA) is 70.8 Å². The summed E-state index contributed by atoms with van der Waals surface area (Å²) >= 11 is 0. The molecule has 0 radical (unpaired) electrons. The average molecular weight is 301 g/mol. The number of carboxylic acid groups (broad SMARTS) is 1. The molecule has 0 fully saturated rings. The fourth-order valence-electron chi connectivity index (χ4n) is 2.18. The lowest BCUT2D eigenvalue weighted by molar-refractivity contribution is -0.150. The number of hydrogen-bond donors (Lipinski definition) is 1. The van der Waals surface area contributed by atoms with Crippen molar-refractivity contribution in [3.8, 4) is 0 Å². The zero-order valence-electron chi connectivity index (χ0n) is 12.4. The molecule has 1 aromatic heterocycles. The van der Waals surface area contributed by atoms with Gasteiger partial charge in [0.2, 0.25) is 5.91 Å². The van der Waals surface area contributed by atoms with Gasteiger partial charge in [-0.1, -0.05) is 30.3 Å². The summed E-state index contributed by atoms with van der Waals surface area (Å²) < 4.78 is 4.97. The molecule has 1 unspecified atom stereocenters. The van der Waals surface area contributed by atoms with Gasteiger partial charge in [0.05, 0.1) is 12.5 Å². The minimum Gasteiger partial charge on any atom is -0.480 e. The second-order valence-electron chi connectivity index (χ2n) is 5.15. The van der Waals surface area contributed by atoms with Crippen LogP contribution in [-0.4, -0.2) is 27.9 Å². The van der Waals surface area contributed by atoms with E-state index < -0.39 is 12.0 Å². The highest BCUT2D eigenvalue weighted by molar-refractivity contribution is 5.83. The Hall–Kier alpha value is -2.56. The van der Waals surface area contributed by atoms with Crippen LogP contribution in [-0.2, 0) is 22.6 Å². The molecule has 0 aliphatic rings. The zero-order chi connectivity index (χ0) is 15.9. The second-order valence-corrected chi connectivity index (χ2v) is 5.15. The molecular weight excluding hydrogens is 282 g/mol. The number of amides is 1. The zero-order valence-corrected chi connectivity index (χ0v) is 12.4. The van der Waals surface area contributed by atoms with Gasteiger partial charge in [0.15, 0.2) is 0 Å². The van der Waals surface area contributed by atoms with E-state index in [0.29, 0.717) is 13.0 Å². The standard InChI is InChI=1S/C17H19NO4/c1-13(17(20)21)18(11-14-5-3-2-4-6-14)16(19)8-7-15-9-10-22-12-15/h2-6,9-10,12-13H,7-8,11H2,1H3,(H,20,21). The predicted octanol–water partition coefficient (Wildman–Crippen LogP) is 2.71. The van der Waals surface area contributed by atoms with E-state index in [9.17, 15) is 14.7 Å². The van der Waals surface area contributed by atoms with E-state index in [4.69, 9.17) is 4.42 Å². The highest BCUT2D eigenvalue weighted by Crippen LogP contribution is 2.13. The number of hydrogen-bond acceptors (Lipinski definition) is 3. The third-order valence-electron chi connectivity index (χ3n) is 3.55. The van der Waals surface area contributed by atoms with Gasteiger partial charge in [0.1, 0.15) is 6.04 Å². The number of benzene rings is 1. The van der Waals surface area contributed by atoms with E-state index in [-0.39, 0.29) is 12.3 Å². The average Bonchev–Trinajstić information content (AvgIpc) is 3.04. The van der Waals surface area contributed by atoms with Crippen molar-refractivity contribution in [3.05, 3.63) is 60.1 Å². The van der Waals surface area contributed by atoms with Gasteiger partial charge in [-0.2, -0.15) is 0 Å². The van der Waals surface area contributed by atoms with Gasteiger partial charge in [-0.25, -0.2) is 4.79 Å². The predicted molar refractivity (Wildman–Crippen MR) is 81.1 cm³/mol. The molecular formula is C17H19NO4. The molecule has 116 valence electrons. The van der Waals surface area contributed by atoms with Crippen molar-refractivity contribution >= 4 is 11.9 Å². The van der Waals surface area contributed by atoms with Crippen molar-refractivity contribution in [2.45, 2.75) is 32.4 Å². The van der Waals surface area contributed by atoms with Crippen molar-refractivity contribution in [3.63, 3.8) is 0 Å². The summed E-state index contributed by atoms with van der Waals surface area (Å²) in [7, 11) is 0. The Balaban J connectivity index is 2.06. The third kappa shape index (κ3) is 4.22. The fourth-order valence-corrected chi connectivity index (χ4v) is 2.18. The molecule has 0 bridgehead atoms. The molecule has 2 aromatic rings. The largest absolute Gasteiger partial charge is 0.480 e. The van der Waals surface area contributed by atoms with Crippen molar-refractivity contribution < 1.29 is 19.1 Å². The quantitative estimate of drug-likeness (QED) is 0.853. The van der Waals surface area contributed by atoms with Gasteiger partial charge in [-0.05, 0) is 30.5 Å². The first-order valence-corrected chi connectivity index (χ1v) is 7.15. The van der Waals surface area contributed by atoms with Crippen molar-refractivity contribution in [1.82, 2.24) is 4.90 Å². The van der Waals surface area contributed by atoms with Crippen molar-refractivity contribution in [1.29, 1.82) is 0 Å². The molecule has 1 N–H and O–H groups in total. The Labute approximate surface area is 129 Å². The van der Waals surface area contributed by atoms with Gasteiger partial charge in [-0.3, -0.25) is 4.79 Å². The lowest BCUT2D eigenvalue weighted by Gasteiger charge is -2.26. The van der Waals surface area contributed by atoms with E-state index in [1.165, 1.54) is 11.8 Å². The maximum atomic E-state index is 12.4. The fraction of sp³-hybridized carbons (Fsp3) is 0.294. The lowest BCUT2D eigenvalue weighted by atomic mass is 10.1. The highest BCUT2D eigenvalue weighted by Gasteiger charge is 2.25. The molecule has 5 heteroatoms. The number of aliphatic carboxylic acids is 1. The summed E-state index contributed by atoms with van der Waals surface area (Å²) in [5.74, 6) is -1.19. The summed E-state index contributed by atoms with van der Waals surface area (Å²) in [4.78, 5) is 25.1. The SMILES string of the molecule is CC(C(=O)O)N(Cc1ccccc1)C(=O)CCc1ccoc1. The number of carbonyl (C=O) groups is 2. The van der Waals surface area contributed by atoms with E-state index in [1.54, 1.807) is 18.6 Å². The highest BCUT2D eigenvalue weighted by atomic mass is 16.4. The number of nitrogens with zero attached hydrogens (tertiary/aromatic N) is 1. The van der Waals surface area contributed by atoms with Gasteiger partial charge < -0.3 is 14.4 Å². The normalized spacial score (nSPS) is 11.9. The summed E-state index contributed by atoms with van der Waals surface area (Å²) in [5.41, 5.74) is 1.84. The molecule has 0 spiro atoms. The molecule has 0 saturated heterocycles. The van der Waals surface area contributed by atoms with Crippen molar-refractivity contribution in [2.24, 2.45) is 0 Å². The van der Waals surface area contributed by atoms with E-state index in [1.807, 2.05) is 30.3 Å². The first-order valence-electron chi connectivity index (χ1n) is 7.15. The van der Waals surface area contributed by atoms with Crippen LogP contribution in [0.1, 0.15) is 24.5 Å². The van der Waals surface area contributed by atoms with Crippen LogP contribution >= 0.6 is 0 Å². The monoisotopic (exact) mass is 301 g/mol. The smallest absolute Gasteiger partial charge is 0.326 e. The lowest BCUT2D eigenvalue weighted by Crippen LogP contribution is -2.42. The summed E-state index contributed by atoms with van der Waals surface area (Å²) in [5, 5.41) is 9.22. The molecule has 0 aliphatic heterocycles. The second kappa shape index (κ2) is 7.45. The van der Waals surface area contributed by atoms with E-state index in [2.05, 4.69) is 0 Å². The minimum absolute atomic E-state index is 0.181. The van der Waals surface area contributed by atoms with Gasteiger partial charge >= 0.3 is 5.97 Å². The number of aryl methyl sites for hydroxylation is 1. The number of carbonyl (C=O) groups excluding carboxylic acids is 1. The molecule has 1 atom stereocenters. The maximum Gasteiger partial charge on any atom is 0.326 e. The van der Waals surface area contributed by atoms with Crippen LogP contribution < -0.4 is 0 Å². The molecule has 2 rings (SSSR count). The number of rotatable bonds is 7. The van der Waals surface area contributed by atoms with Crippen LogP contribution in [0.2, 0.25) is 0 Å². The van der Waals surface area contributed by atoms with Gasteiger partial charge in [-0.15, -0.1) is 0 Å². The van der Waals surface area contributed by atoms with Crippen LogP contribution in [0.15, 0.2) is 53.3 Å².